The number of piperidine rings is 1. The van der Waals surface area contributed by atoms with Gasteiger partial charge in [0.15, 0.2) is 0 Å². The van der Waals surface area contributed by atoms with Crippen molar-refractivity contribution in [1.29, 1.82) is 0 Å². The molecule has 0 amide bonds. The zero-order valence-corrected chi connectivity index (χ0v) is 14.9. The minimum Gasteiger partial charge on any atom is -0.385 e. The summed E-state index contributed by atoms with van der Waals surface area (Å²) < 4.78 is 13.3. The molecule has 2 fully saturated rings. The van der Waals surface area contributed by atoms with E-state index in [2.05, 4.69) is 4.90 Å². The minimum absolute atomic E-state index is 0.224. The molecule has 1 unspecified atom stereocenters. The molecule has 2 aliphatic rings. The van der Waals surface area contributed by atoms with Gasteiger partial charge in [0.1, 0.15) is 5.82 Å². The molecular formula is C21H32FNO. The van der Waals surface area contributed by atoms with Crippen LogP contribution in [0, 0.1) is 11.7 Å². The third-order valence-electron chi connectivity index (χ3n) is 6.11. The van der Waals surface area contributed by atoms with Crippen LogP contribution in [0.4, 0.5) is 4.39 Å². The van der Waals surface area contributed by atoms with Crippen LogP contribution in [0.25, 0.3) is 0 Å². The molecule has 2 nitrogen and oxygen atoms in total. The van der Waals surface area contributed by atoms with Crippen molar-refractivity contribution in [3.05, 3.63) is 35.6 Å². The number of benzene rings is 1. The van der Waals surface area contributed by atoms with Crippen LogP contribution in [0.2, 0.25) is 0 Å². The van der Waals surface area contributed by atoms with Gasteiger partial charge in [0.25, 0.3) is 0 Å². The number of hydrogen-bond donors (Lipinski definition) is 1. The first-order chi connectivity index (χ1) is 11.7. The lowest BCUT2D eigenvalue weighted by Crippen LogP contribution is -2.38. The summed E-state index contributed by atoms with van der Waals surface area (Å²) in [5.74, 6) is 0.0936. The van der Waals surface area contributed by atoms with E-state index in [1.165, 1.54) is 63.7 Å². The fourth-order valence-corrected chi connectivity index (χ4v) is 4.66. The molecule has 3 heteroatoms. The Morgan fingerprint density at radius 1 is 0.958 bits per heavy atom. The standard InChI is InChI=1S/C21H32FNO/c22-20-12-10-19(11-13-20)21(24,18-8-3-1-4-9-18)14-7-17-23-15-5-2-6-16-23/h10-13,18,24H,1-9,14-17H2. The molecule has 24 heavy (non-hydrogen) atoms. The monoisotopic (exact) mass is 333 g/mol. The van der Waals surface area contributed by atoms with Gasteiger partial charge >= 0.3 is 0 Å². The van der Waals surface area contributed by atoms with Crippen molar-refractivity contribution in [2.75, 3.05) is 19.6 Å². The Bertz CT molecular complexity index is 491. The molecule has 3 rings (SSSR count). The van der Waals surface area contributed by atoms with E-state index >= 15 is 0 Å². The van der Waals surface area contributed by atoms with Crippen LogP contribution in [-0.4, -0.2) is 29.6 Å². The van der Waals surface area contributed by atoms with Crippen LogP contribution in [0.1, 0.15) is 69.8 Å². The van der Waals surface area contributed by atoms with Gasteiger partial charge in [-0.1, -0.05) is 37.8 Å². The highest BCUT2D eigenvalue weighted by atomic mass is 19.1. The summed E-state index contributed by atoms with van der Waals surface area (Å²) in [6.07, 6.45) is 11.7. The number of nitrogens with zero attached hydrogens (tertiary/aromatic N) is 1. The maximum Gasteiger partial charge on any atom is 0.123 e. The van der Waals surface area contributed by atoms with E-state index in [1.807, 2.05) is 0 Å². The summed E-state index contributed by atoms with van der Waals surface area (Å²) in [6, 6.07) is 6.58. The number of likely N-dealkylation sites (tertiary alicyclic amines) is 1. The SMILES string of the molecule is OC(CCCN1CCCCC1)(c1ccc(F)cc1)C1CCCCC1. The normalized spacial score (nSPS) is 23.1. The van der Waals surface area contributed by atoms with Crippen molar-refractivity contribution in [3.8, 4) is 0 Å². The van der Waals surface area contributed by atoms with Crippen molar-refractivity contribution in [2.45, 2.75) is 69.8 Å². The second-order valence-electron chi connectivity index (χ2n) is 7.77. The Morgan fingerprint density at radius 2 is 1.58 bits per heavy atom. The molecule has 1 saturated carbocycles. The Morgan fingerprint density at radius 3 is 2.25 bits per heavy atom. The summed E-state index contributed by atoms with van der Waals surface area (Å²) in [5, 5.41) is 11.6. The van der Waals surface area contributed by atoms with Gasteiger partial charge in [-0.25, -0.2) is 4.39 Å². The van der Waals surface area contributed by atoms with E-state index in [9.17, 15) is 9.50 Å². The molecule has 1 saturated heterocycles. The van der Waals surface area contributed by atoms with E-state index < -0.39 is 5.60 Å². The molecule has 0 spiro atoms. The van der Waals surface area contributed by atoms with E-state index in [-0.39, 0.29) is 5.82 Å². The maximum absolute atomic E-state index is 13.3. The van der Waals surface area contributed by atoms with Crippen LogP contribution < -0.4 is 0 Å². The van der Waals surface area contributed by atoms with Crippen LogP contribution in [-0.2, 0) is 5.60 Å². The van der Waals surface area contributed by atoms with Crippen molar-refractivity contribution in [2.24, 2.45) is 5.92 Å². The molecule has 1 N–H and O–H groups in total. The van der Waals surface area contributed by atoms with E-state index in [0.29, 0.717) is 5.92 Å². The second-order valence-corrected chi connectivity index (χ2v) is 7.77. The molecular weight excluding hydrogens is 301 g/mol. The van der Waals surface area contributed by atoms with Crippen LogP contribution in [0.3, 0.4) is 0 Å². The highest BCUT2D eigenvalue weighted by Gasteiger charge is 2.38. The lowest BCUT2D eigenvalue weighted by atomic mass is 9.71. The van der Waals surface area contributed by atoms with Crippen LogP contribution >= 0.6 is 0 Å². The highest BCUT2D eigenvalue weighted by molar-refractivity contribution is 5.24. The first-order valence-corrected chi connectivity index (χ1v) is 9.89. The largest absolute Gasteiger partial charge is 0.385 e. The van der Waals surface area contributed by atoms with E-state index in [1.54, 1.807) is 12.1 Å². The lowest BCUT2D eigenvalue weighted by molar-refractivity contribution is -0.0492. The fourth-order valence-electron chi connectivity index (χ4n) is 4.66. The lowest BCUT2D eigenvalue weighted by Gasteiger charge is -2.40. The Labute approximate surface area is 146 Å². The fraction of sp³-hybridized carbons (Fsp3) is 0.714. The molecule has 0 aromatic heterocycles. The number of hydrogen-bond acceptors (Lipinski definition) is 2. The number of halogens is 1. The number of rotatable bonds is 6. The summed E-state index contributed by atoms with van der Waals surface area (Å²) >= 11 is 0. The summed E-state index contributed by atoms with van der Waals surface area (Å²) in [5.41, 5.74) is 0.124. The maximum atomic E-state index is 13.3. The summed E-state index contributed by atoms with van der Waals surface area (Å²) in [4.78, 5) is 2.54. The average Bonchev–Trinajstić information content (AvgIpc) is 2.64. The van der Waals surface area contributed by atoms with Crippen LogP contribution in [0.5, 0.6) is 0 Å². The van der Waals surface area contributed by atoms with Gasteiger partial charge in [-0.05, 0) is 81.8 Å². The number of aliphatic hydroxyl groups is 1. The molecule has 1 atom stereocenters. The molecule has 0 radical (unpaired) electrons. The predicted octanol–water partition coefficient (Wildman–Crippen LogP) is 4.86. The van der Waals surface area contributed by atoms with Crippen molar-refractivity contribution < 1.29 is 9.50 Å². The molecule has 1 aromatic rings. The van der Waals surface area contributed by atoms with Gasteiger partial charge in [0.05, 0.1) is 5.60 Å². The van der Waals surface area contributed by atoms with E-state index in [4.69, 9.17) is 0 Å². The zero-order chi connectivity index (χ0) is 16.8. The van der Waals surface area contributed by atoms with Gasteiger partial charge in [0.2, 0.25) is 0 Å². The van der Waals surface area contributed by atoms with Crippen LogP contribution in [0.15, 0.2) is 24.3 Å². The quantitative estimate of drug-likeness (QED) is 0.803. The van der Waals surface area contributed by atoms with Gasteiger partial charge in [-0.15, -0.1) is 0 Å². The van der Waals surface area contributed by atoms with Gasteiger partial charge in [0, 0.05) is 0 Å². The Balaban J connectivity index is 1.67. The molecule has 1 heterocycles. The molecule has 134 valence electrons. The minimum atomic E-state index is -0.788. The van der Waals surface area contributed by atoms with E-state index in [0.717, 1.165) is 37.8 Å². The van der Waals surface area contributed by atoms with Gasteiger partial charge < -0.3 is 10.0 Å². The Kier molecular flexibility index (Phi) is 6.29. The van der Waals surface area contributed by atoms with Crippen molar-refractivity contribution in [1.82, 2.24) is 4.90 Å². The first-order valence-electron chi connectivity index (χ1n) is 9.89. The molecule has 1 aromatic carbocycles. The molecule has 1 aliphatic heterocycles. The van der Waals surface area contributed by atoms with Gasteiger partial charge in [-0.3, -0.25) is 0 Å². The molecule has 1 aliphatic carbocycles. The third-order valence-corrected chi connectivity index (χ3v) is 6.11. The summed E-state index contributed by atoms with van der Waals surface area (Å²) in [6.45, 7) is 3.49. The van der Waals surface area contributed by atoms with Gasteiger partial charge in [-0.2, -0.15) is 0 Å². The van der Waals surface area contributed by atoms with Crippen molar-refractivity contribution >= 4 is 0 Å². The van der Waals surface area contributed by atoms with Crippen molar-refractivity contribution in [3.63, 3.8) is 0 Å². The second kappa shape index (κ2) is 8.44. The predicted molar refractivity (Wildman–Crippen MR) is 96.4 cm³/mol. The topological polar surface area (TPSA) is 23.5 Å². The first kappa shape index (κ1) is 17.9. The third kappa shape index (κ3) is 4.37. The molecule has 0 bridgehead atoms. The summed E-state index contributed by atoms with van der Waals surface area (Å²) in [7, 11) is 0. The zero-order valence-electron chi connectivity index (χ0n) is 14.9. The average molecular weight is 333 g/mol. The smallest absolute Gasteiger partial charge is 0.123 e. The Hall–Kier alpha value is -0.930. The highest BCUT2D eigenvalue weighted by Crippen LogP contribution is 2.42.